The first kappa shape index (κ1) is 16.5. The molecule has 0 spiro atoms. The van der Waals surface area contributed by atoms with Gasteiger partial charge in [-0.25, -0.2) is 13.3 Å². The van der Waals surface area contributed by atoms with E-state index in [2.05, 4.69) is 15.1 Å². The second-order valence-electron chi connectivity index (χ2n) is 5.76. The molecule has 25 heavy (non-hydrogen) atoms. The molecule has 0 aliphatic carbocycles. The van der Waals surface area contributed by atoms with E-state index in [0.29, 0.717) is 11.3 Å². The van der Waals surface area contributed by atoms with Crippen molar-refractivity contribution in [3.05, 3.63) is 41.2 Å². The summed E-state index contributed by atoms with van der Waals surface area (Å²) in [6.45, 7) is 5.20. The first-order valence-electron chi connectivity index (χ1n) is 7.38. The zero-order valence-corrected chi connectivity index (χ0v) is 13.8. The van der Waals surface area contributed by atoms with Crippen molar-refractivity contribution in [2.24, 2.45) is 4.99 Å². The van der Waals surface area contributed by atoms with Crippen LogP contribution in [0.15, 0.2) is 23.3 Å². The van der Waals surface area contributed by atoms with Crippen LogP contribution in [-0.4, -0.2) is 20.3 Å². The summed E-state index contributed by atoms with van der Waals surface area (Å²) in [5.74, 6) is -1.39. The molecule has 6 nitrogen and oxygen atoms in total. The van der Waals surface area contributed by atoms with Crippen molar-refractivity contribution in [3.63, 3.8) is 0 Å². The van der Waals surface area contributed by atoms with Crippen molar-refractivity contribution in [1.82, 2.24) is 14.6 Å². The molecule has 2 aromatic heterocycles. The predicted octanol–water partition coefficient (Wildman–Crippen LogP) is 3.55. The van der Waals surface area contributed by atoms with E-state index in [1.807, 2.05) is 6.07 Å². The van der Waals surface area contributed by atoms with E-state index in [1.54, 1.807) is 26.8 Å². The Balaban J connectivity index is 2.33. The van der Waals surface area contributed by atoms with Gasteiger partial charge in [-0.05, 0) is 44.0 Å². The van der Waals surface area contributed by atoms with Crippen LogP contribution < -0.4 is 5.73 Å². The number of aliphatic imine (C=N–C) groups is 1. The van der Waals surface area contributed by atoms with Gasteiger partial charge in [0.05, 0.1) is 6.20 Å². The minimum Gasteiger partial charge on any atom is -0.367 e. The largest absolute Gasteiger partial charge is 0.367 e. The maximum atomic E-state index is 14.5. The van der Waals surface area contributed by atoms with Gasteiger partial charge < -0.3 is 5.73 Å². The van der Waals surface area contributed by atoms with Gasteiger partial charge in [-0.3, -0.25) is 4.99 Å². The maximum Gasteiger partial charge on any atom is 0.239 e. The van der Waals surface area contributed by atoms with Crippen LogP contribution >= 0.6 is 0 Å². The fourth-order valence-corrected chi connectivity index (χ4v) is 2.67. The summed E-state index contributed by atoms with van der Waals surface area (Å²) in [4.78, 5) is 7.98. The number of hydrogen-bond donors (Lipinski definition) is 1. The Hall–Kier alpha value is -3.34. The van der Waals surface area contributed by atoms with E-state index >= 15 is 0 Å². The van der Waals surface area contributed by atoms with Crippen LogP contribution in [0.5, 0.6) is 0 Å². The normalized spacial score (nSPS) is 10.7. The molecule has 1 aromatic carbocycles. The topological polar surface area (TPSA) is 92.4 Å². The minimum atomic E-state index is -0.655. The van der Waals surface area contributed by atoms with E-state index in [0.717, 1.165) is 10.7 Å². The zero-order chi connectivity index (χ0) is 18.3. The second-order valence-corrected chi connectivity index (χ2v) is 5.76. The number of aromatic nitrogens is 3. The second kappa shape index (κ2) is 5.94. The number of nitriles is 1. The molecule has 126 valence electrons. The monoisotopic (exact) mass is 340 g/mol. The average Bonchev–Trinajstić information content (AvgIpc) is 2.85. The summed E-state index contributed by atoms with van der Waals surface area (Å²) in [5, 5.41) is 13.1. The molecule has 0 bridgehead atoms. The number of nitrogens with zero attached hydrogens (tertiary/aromatic N) is 5. The van der Waals surface area contributed by atoms with E-state index in [9.17, 15) is 14.0 Å². The summed E-state index contributed by atoms with van der Waals surface area (Å²) in [5.41, 5.74) is 7.33. The van der Waals surface area contributed by atoms with Gasteiger partial charge in [0.25, 0.3) is 0 Å². The van der Waals surface area contributed by atoms with E-state index in [4.69, 9.17) is 5.73 Å². The standard InChI is InChI=1S/C17H14F2N6/c1-8(2)22-15-9(3)4-10(5-11(15)18)14-12(19)7-25-16(14)13(6-20)23-17(21)24-25/h4-5,7H,1-3H3,(H2,21,24). The lowest BCUT2D eigenvalue weighted by atomic mass is 10.0. The number of nitrogen functional groups attached to an aromatic ring is 1. The van der Waals surface area contributed by atoms with Crippen LogP contribution in [0.1, 0.15) is 25.1 Å². The fraction of sp³-hybridized carbons (Fsp3) is 0.176. The molecule has 0 aliphatic rings. The lowest BCUT2D eigenvalue weighted by molar-refractivity contribution is 0.624. The number of benzene rings is 1. The molecule has 0 atom stereocenters. The van der Waals surface area contributed by atoms with Gasteiger partial charge in [-0.1, -0.05) is 0 Å². The molecule has 0 aliphatic heterocycles. The molecule has 0 unspecified atom stereocenters. The van der Waals surface area contributed by atoms with Gasteiger partial charge in [0, 0.05) is 11.3 Å². The van der Waals surface area contributed by atoms with Gasteiger partial charge in [0.1, 0.15) is 23.1 Å². The smallest absolute Gasteiger partial charge is 0.239 e. The summed E-state index contributed by atoms with van der Waals surface area (Å²) in [7, 11) is 0. The molecular formula is C17H14F2N6. The highest BCUT2D eigenvalue weighted by Crippen LogP contribution is 2.35. The van der Waals surface area contributed by atoms with Gasteiger partial charge in [-0.2, -0.15) is 10.2 Å². The van der Waals surface area contributed by atoms with Crippen LogP contribution in [0.4, 0.5) is 20.4 Å². The molecule has 0 radical (unpaired) electrons. The third kappa shape index (κ3) is 2.80. The Labute approximate surface area is 142 Å². The SMILES string of the molecule is CC(C)=Nc1c(C)cc(-c2c(F)cn3nc(N)nc(C#N)c23)cc1F. The Morgan fingerprint density at radius 1 is 1.28 bits per heavy atom. The first-order valence-corrected chi connectivity index (χ1v) is 7.38. The molecule has 3 rings (SSSR count). The summed E-state index contributed by atoms with van der Waals surface area (Å²) < 4.78 is 30.2. The Morgan fingerprint density at radius 2 is 2.00 bits per heavy atom. The summed E-state index contributed by atoms with van der Waals surface area (Å²) in [6.07, 6.45) is 1.08. The summed E-state index contributed by atoms with van der Waals surface area (Å²) >= 11 is 0. The fourth-order valence-electron chi connectivity index (χ4n) is 2.67. The van der Waals surface area contributed by atoms with Crippen LogP contribution in [-0.2, 0) is 0 Å². The number of hydrogen-bond acceptors (Lipinski definition) is 5. The van der Waals surface area contributed by atoms with Crippen molar-refractivity contribution in [3.8, 4) is 17.2 Å². The molecule has 2 heterocycles. The average molecular weight is 340 g/mol. The van der Waals surface area contributed by atoms with Crippen molar-refractivity contribution in [1.29, 1.82) is 5.26 Å². The van der Waals surface area contributed by atoms with E-state index in [1.165, 1.54) is 6.07 Å². The van der Waals surface area contributed by atoms with Gasteiger partial charge in [0.15, 0.2) is 11.5 Å². The van der Waals surface area contributed by atoms with Gasteiger partial charge in [0.2, 0.25) is 5.95 Å². The highest BCUT2D eigenvalue weighted by molar-refractivity contribution is 5.87. The molecule has 0 saturated carbocycles. The number of anilines is 1. The van der Waals surface area contributed by atoms with Crippen molar-refractivity contribution < 1.29 is 8.78 Å². The third-order valence-corrected chi connectivity index (χ3v) is 3.59. The first-order chi connectivity index (χ1) is 11.8. The Kier molecular flexibility index (Phi) is 3.93. The number of halogens is 2. The molecule has 0 saturated heterocycles. The van der Waals surface area contributed by atoms with E-state index in [-0.39, 0.29) is 34.0 Å². The van der Waals surface area contributed by atoms with E-state index < -0.39 is 11.6 Å². The van der Waals surface area contributed by atoms with Crippen LogP contribution in [0, 0.1) is 29.9 Å². The predicted molar refractivity (Wildman–Crippen MR) is 90.6 cm³/mol. The number of nitrogens with two attached hydrogens (primary N) is 1. The highest BCUT2D eigenvalue weighted by Gasteiger charge is 2.20. The maximum absolute atomic E-state index is 14.5. The highest BCUT2D eigenvalue weighted by atomic mass is 19.1. The number of aryl methyl sites for hydroxylation is 1. The van der Waals surface area contributed by atoms with Crippen LogP contribution in [0.2, 0.25) is 0 Å². The molecule has 8 heteroatoms. The van der Waals surface area contributed by atoms with Crippen molar-refractivity contribution in [2.45, 2.75) is 20.8 Å². The zero-order valence-electron chi connectivity index (χ0n) is 13.8. The summed E-state index contributed by atoms with van der Waals surface area (Å²) in [6, 6.07) is 4.66. The third-order valence-electron chi connectivity index (χ3n) is 3.59. The molecule has 0 amide bonds. The van der Waals surface area contributed by atoms with Crippen LogP contribution in [0.3, 0.4) is 0 Å². The number of fused-ring (bicyclic) bond motifs is 1. The Morgan fingerprint density at radius 3 is 2.60 bits per heavy atom. The lowest BCUT2D eigenvalue weighted by Crippen LogP contribution is -2.03. The van der Waals surface area contributed by atoms with Gasteiger partial charge in [-0.15, -0.1) is 5.10 Å². The molecule has 3 aromatic rings. The van der Waals surface area contributed by atoms with Crippen molar-refractivity contribution in [2.75, 3.05) is 5.73 Å². The number of rotatable bonds is 2. The van der Waals surface area contributed by atoms with Crippen molar-refractivity contribution >= 4 is 22.9 Å². The lowest BCUT2D eigenvalue weighted by Gasteiger charge is -2.08. The quantitative estimate of drug-likeness (QED) is 0.722. The molecule has 2 N–H and O–H groups in total. The van der Waals surface area contributed by atoms with Gasteiger partial charge >= 0.3 is 0 Å². The minimum absolute atomic E-state index is 0.0438. The van der Waals surface area contributed by atoms with Crippen LogP contribution in [0.25, 0.3) is 16.6 Å². The Bertz CT molecular complexity index is 1050. The molecule has 0 fully saturated rings. The molecular weight excluding hydrogens is 326 g/mol.